The molecule has 1 aromatic heterocycles. The molecule has 0 saturated carbocycles. The van der Waals surface area contributed by atoms with Crippen molar-refractivity contribution in [3.05, 3.63) is 23.7 Å². The largest absolute Gasteiger partial charge is 0.480 e. The van der Waals surface area contributed by atoms with Gasteiger partial charge in [0.2, 0.25) is 0 Å². The summed E-state index contributed by atoms with van der Waals surface area (Å²) in [7, 11) is 0. The van der Waals surface area contributed by atoms with Crippen LogP contribution in [0.2, 0.25) is 0 Å². The fourth-order valence-corrected chi connectivity index (χ4v) is 2.15. The van der Waals surface area contributed by atoms with E-state index in [1.54, 1.807) is 13.0 Å². The molecule has 17 heavy (non-hydrogen) atoms. The number of carbonyl (C=O) groups is 2. The molecule has 1 aliphatic heterocycles. The number of rotatable bonds is 2. The fraction of sp³-hybridized carbons (Fsp3) is 0.500. The first-order valence-electron chi connectivity index (χ1n) is 5.68. The van der Waals surface area contributed by atoms with Crippen molar-refractivity contribution in [1.82, 2.24) is 4.90 Å². The molecule has 92 valence electrons. The first kappa shape index (κ1) is 11.7. The lowest BCUT2D eigenvalue weighted by Gasteiger charge is -2.32. The van der Waals surface area contributed by atoms with Crippen LogP contribution in [-0.4, -0.2) is 34.5 Å². The van der Waals surface area contributed by atoms with Crippen LogP contribution >= 0.6 is 0 Å². The van der Waals surface area contributed by atoms with Crippen molar-refractivity contribution in [1.29, 1.82) is 0 Å². The average molecular weight is 237 g/mol. The number of carboxylic acids is 1. The third-order valence-corrected chi connectivity index (χ3v) is 3.03. The van der Waals surface area contributed by atoms with E-state index in [4.69, 9.17) is 9.52 Å². The molecule has 0 bridgehead atoms. The Labute approximate surface area is 99.0 Å². The molecule has 0 spiro atoms. The van der Waals surface area contributed by atoms with Crippen molar-refractivity contribution < 1.29 is 19.1 Å². The minimum atomic E-state index is -0.932. The van der Waals surface area contributed by atoms with Gasteiger partial charge in [-0.05, 0) is 32.3 Å². The number of aliphatic carboxylic acids is 1. The van der Waals surface area contributed by atoms with Crippen LogP contribution in [-0.2, 0) is 4.79 Å². The third kappa shape index (κ3) is 2.33. The number of piperidine rings is 1. The molecule has 1 aromatic rings. The molecular formula is C12H15NO4. The van der Waals surface area contributed by atoms with Crippen LogP contribution in [0.3, 0.4) is 0 Å². The van der Waals surface area contributed by atoms with Gasteiger partial charge in [-0.15, -0.1) is 0 Å². The summed E-state index contributed by atoms with van der Waals surface area (Å²) in [5, 5.41) is 9.09. The number of carboxylic acid groups (broad SMARTS) is 1. The first-order chi connectivity index (χ1) is 8.09. The second-order valence-electron chi connectivity index (χ2n) is 4.29. The Morgan fingerprint density at radius 3 is 2.82 bits per heavy atom. The van der Waals surface area contributed by atoms with Crippen LogP contribution in [0.15, 0.2) is 16.7 Å². The Kier molecular flexibility index (Phi) is 3.17. The summed E-state index contributed by atoms with van der Waals surface area (Å²) in [6.07, 6.45) is 3.61. The zero-order chi connectivity index (χ0) is 12.4. The molecule has 1 N–H and O–H groups in total. The van der Waals surface area contributed by atoms with Crippen LogP contribution in [0.25, 0.3) is 0 Å². The summed E-state index contributed by atoms with van der Waals surface area (Å²) in [5.41, 5.74) is 0.427. The summed E-state index contributed by atoms with van der Waals surface area (Å²) >= 11 is 0. The molecule has 2 rings (SSSR count). The predicted molar refractivity (Wildman–Crippen MR) is 59.8 cm³/mol. The minimum absolute atomic E-state index is 0.256. The number of furan rings is 1. The summed E-state index contributed by atoms with van der Waals surface area (Å²) in [6, 6.07) is 0.932. The Morgan fingerprint density at radius 2 is 2.24 bits per heavy atom. The van der Waals surface area contributed by atoms with Crippen LogP contribution < -0.4 is 0 Å². The van der Waals surface area contributed by atoms with E-state index in [-0.39, 0.29) is 5.91 Å². The zero-order valence-electron chi connectivity index (χ0n) is 9.68. The first-order valence-corrected chi connectivity index (χ1v) is 5.68. The molecule has 1 saturated heterocycles. The van der Waals surface area contributed by atoms with E-state index in [0.29, 0.717) is 24.3 Å². The maximum atomic E-state index is 12.1. The van der Waals surface area contributed by atoms with Gasteiger partial charge >= 0.3 is 5.97 Å². The highest BCUT2D eigenvalue weighted by molar-refractivity contribution is 5.96. The van der Waals surface area contributed by atoms with E-state index in [2.05, 4.69) is 0 Å². The number of hydrogen-bond acceptors (Lipinski definition) is 3. The van der Waals surface area contributed by atoms with Crippen LogP contribution in [0, 0.1) is 6.92 Å². The summed E-state index contributed by atoms with van der Waals surface area (Å²) < 4.78 is 5.08. The van der Waals surface area contributed by atoms with Gasteiger partial charge in [-0.2, -0.15) is 0 Å². The summed E-state index contributed by atoms with van der Waals surface area (Å²) in [5.74, 6) is -0.538. The fourth-order valence-electron chi connectivity index (χ4n) is 2.15. The molecule has 0 radical (unpaired) electrons. The van der Waals surface area contributed by atoms with E-state index in [1.807, 2.05) is 0 Å². The van der Waals surface area contributed by atoms with Gasteiger partial charge in [0, 0.05) is 6.54 Å². The lowest BCUT2D eigenvalue weighted by Crippen LogP contribution is -2.47. The van der Waals surface area contributed by atoms with Crippen molar-refractivity contribution in [3.63, 3.8) is 0 Å². The van der Waals surface area contributed by atoms with Gasteiger partial charge in [-0.3, -0.25) is 4.79 Å². The minimum Gasteiger partial charge on any atom is -0.480 e. The normalized spacial score (nSPS) is 20.3. The second kappa shape index (κ2) is 4.61. The number of amides is 1. The van der Waals surface area contributed by atoms with Crippen molar-refractivity contribution >= 4 is 11.9 Å². The maximum Gasteiger partial charge on any atom is 0.326 e. The molecule has 0 unspecified atom stereocenters. The van der Waals surface area contributed by atoms with Gasteiger partial charge in [0.25, 0.3) is 5.91 Å². The quantitative estimate of drug-likeness (QED) is 0.849. The predicted octanol–water partition coefficient (Wildman–Crippen LogP) is 1.67. The molecule has 5 heteroatoms. The molecule has 0 aromatic carbocycles. The van der Waals surface area contributed by atoms with Gasteiger partial charge in [-0.1, -0.05) is 0 Å². The van der Waals surface area contributed by atoms with Gasteiger partial charge < -0.3 is 14.4 Å². The van der Waals surface area contributed by atoms with Crippen molar-refractivity contribution in [2.75, 3.05) is 6.54 Å². The Bertz CT molecular complexity index is 437. The number of hydrogen-bond donors (Lipinski definition) is 1. The number of likely N-dealkylation sites (tertiary alicyclic amines) is 1. The van der Waals surface area contributed by atoms with Gasteiger partial charge in [0.1, 0.15) is 18.1 Å². The number of carbonyl (C=O) groups excluding carboxylic acids is 1. The van der Waals surface area contributed by atoms with E-state index >= 15 is 0 Å². The SMILES string of the molecule is Cc1cc(C(=O)N2CCCC[C@H]2C(=O)O)co1. The Balaban J connectivity index is 2.19. The topological polar surface area (TPSA) is 70.8 Å². The molecule has 1 amide bonds. The van der Waals surface area contributed by atoms with Crippen molar-refractivity contribution in [2.24, 2.45) is 0 Å². The second-order valence-corrected chi connectivity index (χ2v) is 4.29. The van der Waals surface area contributed by atoms with Crippen LogP contribution in [0.1, 0.15) is 35.4 Å². The van der Waals surface area contributed by atoms with Crippen molar-refractivity contribution in [2.45, 2.75) is 32.2 Å². The Hall–Kier alpha value is -1.78. The summed E-state index contributed by atoms with van der Waals surface area (Å²) in [6.45, 7) is 2.25. The van der Waals surface area contributed by atoms with Gasteiger partial charge in [0.05, 0.1) is 5.56 Å². The van der Waals surface area contributed by atoms with E-state index in [1.165, 1.54) is 11.2 Å². The highest BCUT2D eigenvalue weighted by atomic mass is 16.4. The van der Waals surface area contributed by atoms with E-state index in [0.717, 1.165) is 12.8 Å². The third-order valence-electron chi connectivity index (χ3n) is 3.03. The van der Waals surface area contributed by atoms with Gasteiger partial charge in [-0.25, -0.2) is 4.79 Å². The highest BCUT2D eigenvalue weighted by Crippen LogP contribution is 2.20. The van der Waals surface area contributed by atoms with Crippen molar-refractivity contribution in [3.8, 4) is 0 Å². The standard InChI is InChI=1S/C12H15NO4/c1-8-6-9(7-17-8)11(14)13-5-3-2-4-10(13)12(15)16/h6-7,10H,2-5H2,1H3,(H,15,16)/t10-/m0/s1. The monoisotopic (exact) mass is 237 g/mol. The zero-order valence-corrected chi connectivity index (χ0v) is 9.68. The average Bonchev–Trinajstić information content (AvgIpc) is 2.75. The molecule has 1 aliphatic rings. The smallest absolute Gasteiger partial charge is 0.326 e. The molecular weight excluding hydrogens is 222 g/mol. The van der Waals surface area contributed by atoms with Crippen LogP contribution in [0.5, 0.6) is 0 Å². The number of nitrogens with zero attached hydrogens (tertiary/aromatic N) is 1. The van der Waals surface area contributed by atoms with E-state index in [9.17, 15) is 9.59 Å². The maximum absolute atomic E-state index is 12.1. The molecule has 2 heterocycles. The lowest BCUT2D eigenvalue weighted by atomic mass is 10.0. The molecule has 0 aliphatic carbocycles. The van der Waals surface area contributed by atoms with Gasteiger partial charge in [0.15, 0.2) is 0 Å². The number of aryl methyl sites for hydroxylation is 1. The molecule has 5 nitrogen and oxygen atoms in total. The molecule has 1 atom stereocenters. The van der Waals surface area contributed by atoms with Crippen LogP contribution in [0.4, 0.5) is 0 Å². The van der Waals surface area contributed by atoms with E-state index < -0.39 is 12.0 Å². The molecule has 1 fully saturated rings. The highest BCUT2D eigenvalue weighted by Gasteiger charge is 2.32. The Morgan fingerprint density at radius 1 is 1.47 bits per heavy atom. The summed E-state index contributed by atoms with van der Waals surface area (Å²) in [4.78, 5) is 24.6. The lowest BCUT2D eigenvalue weighted by molar-refractivity contribution is -0.143.